The van der Waals surface area contributed by atoms with E-state index in [0.29, 0.717) is 6.54 Å². The maximum absolute atomic E-state index is 10.7. The third-order valence-corrected chi connectivity index (χ3v) is 1.23. The molecule has 0 aromatic carbocycles. The van der Waals surface area contributed by atoms with E-state index in [4.69, 9.17) is 10.00 Å². The average Bonchev–Trinajstić information content (AvgIpc) is 2.01. The number of nitrogens with zero attached hydrogens (tertiary/aromatic N) is 1. The van der Waals surface area contributed by atoms with Crippen molar-refractivity contribution in [2.45, 2.75) is 19.4 Å². The number of methoxy groups -OCH3 is 1. The highest BCUT2D eigenvalue weighted by molar-refractivity contribution is 5.77. The zero-order chi connectivity index (χ0) is 8.69. The van der Waals surface area contributed by atoms with Crippen LogP contribution in [0.15, 0.2) is 0 Å². The van der Waals surface area contributed by atoms with E-state index in [1.54, 1.807) is 13.2 Å². The molecule has 0 aromatic heterocycles. The summed E-state index contributed by atoms with van der Waals surface area (Å²) in [7, 11) is 1.57. The van der Waals surface area contributed by atoms with Gasteiger partial charge in [-0.3, -0.25) is 4.79 Å². The lowest BCUT2D eigenvalue weighted by Crippen LogP contribution is -2.31. The van der Waals surface area contributed by atoms with Gasteiger partial charge in [-0.05, 0) is 6.92 Å². The minimum absolute atomic E-state index is 0.00218. The summed E-state index contributed by atoms with van der Waals surface area (Å²) in [6.45, 7) is 2.30. The molecule has 62 valence electrons. The summed E-state index contributed by atoms with van der Waals surface area (Å²) in [5.41, 5.74) is 0. The predicted octanol–water partition coefficient (Wildman–Crippen LogP) is 0.0512. The highest BCUT2D eigenvalue weighted by Crippen LogP contribution is 1.84. The molecule has 0 aliphatic heterocycles. The van der Waals surface area contributed by atoms with Gasteiger partial charge in [0.25, 0.3) is 0 Å². The first kappa shape index (κ1) is 9.92. The third kappa shape index (κ3) is 5.37. The van der Waals surface area contributed by atoms with Crippen LogP contribution < -0.4 is 5.32 Å². The van der Waals surface area contributed by atoms with Crippen LogP contribution in [0.5, 0.6) is 0 Å². The molecule has 0 spiro atoms. The number of carbonyl (C=O) groups excluding carboxylic acids is 1. The molecule has 0 heterocycles. The van der Waals surface area contributed by atoms with Crippen LogP contribution in [0.3, 0.4) is 0 Å². The predicted molar refractivity (Wildman–Crippen MR) is 39.7 cm³/mol. The summed E-state index contributed by atoms with van der Waals surface area (Å²) in [6, 6.07) is 1.76. The molecule has 0 radical (unpaired) electrons. The molecule has 0 saturated carbocycles. The van der Waals surface area contributed by atoms with Crippen LogP contribution in [0.25, 0.3) is 0 Å². The van der Waals surface area contributed by atoms with Crippen molar-refractivity contribution in [3.63, 3.8) is 0 Å². The molecule has 0 bridgehead atoms. The van der Waals surface area contributed by atoms with Crippen molar-refractivity contribution >= 4 is 5.91 Å². The van der Waals surface area contributed by atoms with Crippen molar-refractivity contribution in [3.05, 3.63) is 0 Å². The zero-order valence-corrected chi connectivity index (χ0v) is 6.76. The zero-order valence-electron chi connectivity index (χ0n) is 6.76. The standard InChI is InChI=1S/C7H12N2O2/c1-6(11-2)5-9-7(10)3-4-8/h6H,3,5H2,1-2H3,(H,9,10). The van der Waals surface area contributed by atoms with Crippen LogP contribution >= 0.6 is 0 Å². The molecule has 1 amide bonds. The fourth-order valence-corrected chi connectivity index (χ4v) is 0.475. The molecule has 1 unspecified atom stereocenters. The molecule has 0 saturated heterocycles. The maximum Gasteiger partial charge on any atom is 0.234 e. The van der Waals surface area contributed by atoms with Crippen LogP contribution in [-0.2, 0) is 9.53 Å². The van der Waals surface area contributed by atoms with Crippen molar-refractivity contribution in [1.82, 2.24) is 5.32 Å². The molecule has 11 heavy (non-hydrogen) atoms. The Kier molecular flexibility index (Phi) is 5.13. The van der Waals surface area contributed by atoms with Crippen LogP contribution in [0.4, 0.5) is 0 Å². The van der Waals surface area contributed by atoms with Crippen molar-refractivity contribution in [3.8, 4) is 6.07 Å². The molecule has 4 heteroatoms. The van der Waals surface area contributed by atoms with E-state index in [1.807, 2.05) is 6.92 Å². The van der Waals surface area contributed by atoms with E-state index >= 15 is 0 Å². The normalized spacial score (nSPS) is 11.7. The van der Waals surface area contributed by atoms with Gasteiger partial charge in [-0.25, -0.2) is 0 Å². The molecule has 1 atom stereocenters. The Labute approximate surface area is 66.1 Å². The molecular formula is C7H12N2O2. The highest BCUT2D eigenvalue weighted by Gasteiger charge is 2.02. The van der Waals surface area contributed by atoms with E-state index < -0.39 is 0 Å². The number of amides is 1. The average molecular weight is 156 g/mol. The van der Waals surface area contributed by atoms with Crippen LogP contribution in [0.1, 0.15) is 13.3 Å². The molecule has 0 fully saturated rings. The Morgan fingerprint density at radius 3 is 2.91 bits per heavy atom. The Bertz CT molecular complexity index is 162. The minimum Gasteiger partial charge on any atom is -0.380 e. The van der Waals surface area contributed by atoms with Gasteiger partial charge in [-0.1, -0.05) is 0 Å². The van der Waals surface area contributed by atoms with Crippen molar-refractivity contribution in [1.29, 1.82) is 5.26 Å². The number of ether oxygens (including phenoxy) is 1. The Morgan fingerprint density at radius 2 is 2.45 bits per heavy atom. The van der Waals surface area contributed by atoms with Gasteiger partial charge >= 0.3 is 0 Å². The van der Waals surface area contributed by atoms with Crippen LogP contribution in [0.2, 0.25) is 0 Å². The lowest BCUT2D eigenvalue weighted by molar-refractivity contribution is -0.120. The van der Waals surface area contributed by atoms with Crippen molar-refractivity contribution < 1.29 is 9.53 Å². The maximum atomic E-state index is 10.7. The fourth-order valence-electron chi connectivity index (χ4n) is 0.475. The van der Waals surface area contributed by atoms with Crippen molar-refractivity contribution in [2.75, 3.05) is 13.7 Å². The summed E-state index contributed by atoms with van der Waals surface area (Å²) in [5.74, 6) is -0.253. The number of rotatable bonds is 4. The summed E-state index contributed by atoms with van der Waals surface area (Å²) in [4.78, 5) is 10.7. The first-order chi connectivity index (χ1) is 5.20. The molecular weight excluding hydrogens is 144 g/mol. The minimum atomic E-state index is -0.253. The largest absolute Gasteiger partial charge is 0.380 e. The molecule has 4 nitrogen and oxygen atoms in total. The van der Waals surface area contributed by atoms with E-state index in [2.05, 4.69) is 5.32 Å². The molecule has 1 N–H and O–H groups in total. The Balaban J connectivity index is 3.39. The second-order valence-electron chi connectivity index (χ2n) is 2.19. The SMILES string of the molecule is COC(C)CNC(=O)CC#N. The summed E-state index contributed by atoms with van der Waals surface area (Å²) < 4.78 is 4.88. The lowest BCUT2D eigenvalue weighted by Gasteiger charge is -2.08. The summed E-state index contributed by atoms with van der Waals surface area (Å²) in [6.07, 6.45) is -0.0891. The number of nitrogens with one attached hydrogen (secondary N) is 1. The molecule has 0 aromatic rings. The Hall–Kier alpha value is -1.08. The van der Waals surface area contributed by atoms with E-state index in [9.17, 15) is 4.79 Å². The van der Waals surface area contributed by atoms with Gasteiger partial charge in [0.2, 0.25) is 5.91 Å². The smallest absolute Gasteiger partial charge is 0.234 e. The van der Waals surface area contributed by atoms with Gasteiger partial charge in [-0.2, -0.15) is 5.26 Å². The van der Waals surface area contributed by atoms with Gasteiger partial charge in [0.1, 0.15) is 6.42 Å². The fraction of sp³-hybridized carbons (Fsp3) is 0.714. The highest BCUT2D eigenvalue weighted by atomic mass is 16.5. The topological polar surface area (TPSA) is 62.1 Å². The number of nitriles is 1. The van der Waals surface area contributed by atoms with Gasteiger partial charge in [0, 0.05) is 13.7 Å². The molecule has 0 rings (SSSR count). The molecule has 0 aliphatic rings. The number of hydrogen-bond acceptors (Lipinski definition) is 3. The van der Waals surface area contributed by atoms with Gasteiger partial charge in [-0.15, -0.1) is 0 Å². The van der Waals surface area contributed by atoms with E-state index in [0.717, 1.165) is 0 Å². The first-order valence-electron chi connectivity index (χ1n) is 3.37. The number of carbonyl (C=O) groups is 1. The monoisotopic (exact) mass is 156 g/mol. The Morgan fingerprint density at radius 1 is 1.82 bits per heavy atom. The van der Waals surface area contributed by atoms with Gasteiger partial charge in [0.15, 0.2) is 0 Å². The third-order valence-electron chi connectivity index (χ3n) is 1.23. The van der Waals surface area contributed by atoms with Crippen LogP contribution in [0, 0.1) is 11.3 Å². The second-order valence-corrected chi connectivity index (χ2v) is 2.19. The lowest BCUT2D eigenvalue weighted by atomic mass is 10.3. The van der Waals surface area contributed by atoms with Crippen LogP contribution in [-0.4, -0.2) is 25.7 Å². The van der Waals surface area contributed by atoms with Gasteiger partial charge < -0.3 is 10.1 Å². The second kappa shape index (κ2) is 5.69. The summed E-state index contributed by atoms with van der Waals surface area (Å²) in [5, 5.41) is 10.7. The van der Waals surface area contributed by atoms with Gasteiger partial charge in [0.05, 0.1) is 12.2 Å². The van der Waals surface area contributed by atoms with E-state index in [-0.39, 0.29) is 18.4 Å². The molecule has 0 aliphatic carbocycles. The van der Waals surface area contributed by atoms with Crippen molar-refractivity contribution in [2.24, 2.45) is 0 Å². The quantitative estimate of drug-likeness (QED) is 0.625. The number of hydrogen-bond donors (Lipinski definition) is 1. The first-order valence-corrected chi connectivity index (χ1v) is 3.37. The van der Waals surface area contributed by atoms with E-state index in [1.165, 1.54) is 0 Å². The summed E-state index contributed by atoms with van der Waals surface area (Å²) >= 11 is 0.